The van der Waals surface area contributed by atoms with Crippen LogP contribution in [0.5, 0.6) is 0 Å². The normalized spacial score (nSPS) is 10.3. The smallest absolute Gasteiger partial charge is 0.325 e. The second kappa shape index (κ2) is 8.29. The molecule has 0 radical (unpaired) electrons. The molecule has 0 spiro atoms. The molecule has 1 heterocycles. The van der Waals surface area contributed by atoms with Crippen LogP contribution in [0.4, 0.5) is 0 Å². The van der Waals surface area contributed by atoms with E-state index in [2.05, 4.69) is 15.9 Å². The molecule has 0 aliphatic heterocycles. The lowest BCUT2D eigenvalue weighted by Gasteiger charge is -2.20. The largest absolute Gasteiger partial charge is 0.465 e. The summed E-state index contributed by atoms with van der Waals surface area (Å²) in [7, 11) is 1.55. The predicted molar refractivity (Wildman–Crippen MR) is 76.4 cm³/mol. The van der Waals surface area contributed by atoms with Gasteiger partial charge in [-0.25, -0.2) is 0 Å². The van der Waals surface area contributed by atoms with E-state index in [-0.39, 0.29) is 12.5 Å². The fourth-order valence-corrected chi connectivity index (χ4v) is 2.55. The van der Waals surface area contributed by atoms with Crippen molar-refractivity contribution in [1.29, 1.82) is 0 Å². The summed E-state index contributed by atoms with van der Waals surface area (Å²) < 4.78 is 10.7. The van der Waals surface area contributed by atoms with Crippen LogP contribution in [0.15, 0.2) is 15.2 Å². The summed E-state index contributed by atoms with van der Waals surface area (Å²) in [6, 6.07) is 1.73. The predicted octanol–water partition coefficient (Wildman–Crippen LogP) is 2.16. The molecule has 1 aromatic heterocycles. The van der Waals surface area contributed by atoms with Gasteiger partial charge in [-0.05, 0) is 28.9 Å². The molecule has 106 valence electrons. The average Bonchev–Trinajstić information content (AvgIpc) is 2.80. The van der Waals surface area contributed by atoms with Gasteiger partial charge in [-0.2, -0.15) is 0 Å². The number of amides is 1. The Morgan fingerprint density at radius 1 is 1.47 bits per heavy atom. The molecule has 0 fully saturated rings. The number of rotatable bonds is 7. The fraction of sp³-hybridized carbons (Fsp3) is 0.500. The van der Waals surface area contributed by atoms with Crippen molar-refractivity contribution >= 4 is 39.1 Å². The van der Waals surface area contributed by atoms with Crippen molar-refractivity contribution < 1.29 is 19.1 Å². The standard InChI is InChI=1S/C12H16BrNO4S/c1-3-18-11(15)7-14(4-5-17-2)12(16)9-6-10(13)19-8-9/h6,8H,3-5,7H2,1-2H3. The second-order valence-electron chi connectivity index (χ2n) is 3.66. The molecular formula is C12H16BrNO4S. The Morgan fingerprint density at radius 2 is 2.21 bits per heavy atom. The molecule has 1 amide bonds. The van der Waals surface area contributed by atoms with Crippen molar-refractivity contribution in [2.75, 3.05) is 33.4 Å². The molecule has 1 rings (SSSR count). The molecule has 0 N–H and O–H groups in total. The minimum Gasteiger partial charge on any atom is -0.465 e. The first-order valence-corrected chi connectivity index (χ1v) is 7.43. The Labute approximate surface area is 124 Å². The minimum absolute atomic E-state index is 0.0660. The topological polar surface area (TPSA) is 55.8 Å². The van der Waals surface area contributed by atoms with Crippen LogP contribution in [0.3, 0.4) is 0 Å². The number of esters is 1. The highest BCUT2D eigenvalue weighted by Gasteiger charge is 2.20. The number of carbonyl (C=O) groups excluding carboxylic acids is 2. The van der Waals surface area contributed by atoms with E-state index in [1.54, 1.807) is 25.5 Å². The summed E-state index contributed by atoms with van der Waals surface area (Å²) in [5, 5.41) is 1.75. The van der Waals surface area contributed by atoms with Gasteiger partial charge in [0.2, 0.25) is 0 Å². The first-order chi connectivity index (χ1) is 9.08. The number of methoxy groups -OCH3 is 1. The van der Waals surface area contributed by atoms with Crippen molar-refractivity contribution in [1.82, 2.24) is 4.90 Å². The molecule has 0 aliphatic carbocycles. The lowest BCUT2D eigenvalue weighted by Crippen LogP contribution is -2.38. The Bertz CT molecular complexity index is 435. The highest BCUT2D eigenvalue weighted by molar-refractivity contribution is 9.11. The number of thiophene rings is 1. The highest BCUT2D eigenvalue weighted by atomic mass is 79.9. The van der Waals surface area contributed by atoms with E-state index in [0.29, 0.717) is 25.3 Å². The van der Waals surface area contributed by atoms with E-state index >= 15 is 0 Å². The maximum Gasteiger partial charge on any atom is 0.325 e. The maximum atomic E-state index is 12.3. The third kappa shape index (κ3) is 5.30. The summed E-state index contributed by atoms with van der Waals surface area (Å²) in [6.45, 7) is 2.69. The van der Waals surface area contributed by atoms with E-state index in [0.717, 1.165) is 3.79 Å². The zero-order valence-electron chi connectivity index (χ0n) is 10.8. The van der Waals surface area contributed by atoms with Gasteiger partial charge < -0.3 is 14.4 Å². The van der Waals surface area contributed by atoms with Crippen LogP contribution < -0.4 is 0 Å². The summed E-state index contributed by atoms with van der Waals surface area (Å²) in [4.78, 5) is 25.2. The number of nitrogens with zero attached hydrogens (tertiary/aromatic N) is 1. The number of halogens is 1. The molecule has 0 unspecified atom stereocenters. The molecule has 0 saturated heterocycles. The zero-order valence-corrected chi connectivity index (χ0v) is 13.3. The molecule has 19 heavy (non-hydrogen) atoms. The van der Waals surface area contributed by atoms with Crippen LogP contribution in [-0.4, -0.2) is 50.2 Å². The van der Waals surface area contributed by atoms with E-state index < -0.39 is 5.97 Å². The van der Waals surface area contributed by atoms with Crippen LogP contribution in [0.25, 0.3) is 0 Å². The molecule has 1 aromatic rings. The van der Waals surface area contributed by atoms with Gasteiger partial charge >= 0.3 is 5.97 Å². The second-order valence-corrected chi connectivity index (χ2v) is 5.95. The number of hydrogen-bond acceptors (Lipinski definition) is 5. The van der Waals surface area contributed by atoms with Gasteiger partial charge in [0.25, 0.3) is 5.91 Å². The van der Waals surface area contributed by atoms with Gasteiger partial charge in [-0.15, -0.1) is 11.3 Å². The van der Waals surface area contributed by atoms with Gasteiger partial charge in [0.1, 0.15) is 6.54 Å². The van der Waals surface area contributed by atoms with Gasteiger partial charge in [0.05, 0.1) is 22.6 Å². The molecule has 0 aliphatic rings. The van der Waals surface area contributed by atoms with E-state index in [1.165, 1.54) is 16.2 Å². The van der Waals surface area contributed by atoms with Gasteiger partial charge in [-0.3, -0.25) is 9.59 Å². The number of carbonyl (C=O) groups is 2. The number of ether oxygens (including phenoxy) is 2. The molecule has 0 atom stereocenters. The quantitative estimate of drug-likeness (QED) is 0.708. The Hall–Kier alpha value is -0.920. The van der Waals surface area contributed by atoms with Gasteiger partial charge in [0.15, 0.2) is 0 Å². The van der Waals surface area contributed by atoms with Crippen LogP contribution in [0.2, 0.25) is 0 Å². The Balaban J connectivity index is 2.72. The lowest BCUT2D eigenvalue weighted by molar-refractivity contribution is -0.143. The monoisotopic (exact) mass is 349 g/mol. The zero-order chi connectivity index (χ0) is 14.3. The van der Waals surface area contributed by atoms with Crippen LogP contribution in [-0.2, 0) is 14.3 Å². The van der Waals surface area contributed by atoms with Crippen molar-refractivity contribution in [3.8, 4) is 0 Å². The van der Waals surface area contributed by atoms with Crippen LogP contribution >= 0.6 is 27.3 Å². The third-order valence-electron chi connectivity index (χ3n) is 2.29. The summed E-state index contributed by atoms with van der Waals surface area (Å²) in [5.74, 6) is -0.617. The SMILES string of the molecule is CCOC(=O)CN(CCOC)C(=O)c1csc(Br)c1. The summed E-state index contributed by atoms with van der Waals surface area (Å²) in [5.41, 5.74) is 0.553. The Morgan fingerprint density at radius 3 is 2.74 bits per heavy atom. The van der Waals surface area contributed by atoms with Crippen molar-refractivity contribution in [3.05, 3.63) is 20.8 Å². The molecule has 0 aromatic carbocycles. The Kier molecular flexibility index (Phi) is 7.04. The number of hydrogen-bond donors (Lipinski definition) is 0. The summed E-state index contributed by atoms with van der Waals surface area (Å²) in [6.07, 6.45) is 0. The molecule has 0 saturated carbocycles. The first-order valence-electron chi connectivity index (χ1n) is 5.76. The molecule has 5 nitrogen and oxygen atoms in total. The first kappa shape index (κ1) is 16.1. The van der Waals surface area contributed by atoms with Crippen molar-refractivity contribution in [2.24, 2.45) is 0 Å². The fourth-order valence-electron chi connectivity index (χ4n) is 1.42. The van der Waals surface area contributed by atoms with Gasteiger partial charge in [-0.1, -0.05) is 0 Å². The van der Waals surface area contributed by atoms with E-state index in [4.69, 9.17) is 9.47 Å². The average molecular weight is 350 g/mol. The lowest BCUT2D eigenvalue weighted by atomic mass is 10.3. The van der Waals surface area contributed by atoms with Crippen molar-refractivity contribution in [2.45, 2.75) is 6.92 Å². The van der Waals surface area contributed by atoms with E-state index in [1.807, 2.05) is 0 Å². The van der Waals surface area contributed by atoms with Gasteiger partial charge in [0, 0.05) is 19.0 Å². The molecular weight excluding hydrogens is 334 g/mol. The van der Waals surface area contributed by atoms with Crippen LogP contribution in [0, 0.1) is 0 Å². The maximum absolute atomic E-state index is 12.3. The molecule has 0 bridgehead atoms. The third-order valence-corrected chi connectivity index (χ3v) is 3.80. The van der Waals surface area contributed by atoms with E-state index in [9.17, 15) is 9.59 Å². The molecule has 7 heteroatoms. The minimum atomic E-state index is -0.416. The highest BCUT2D eigenvalue weighted by Crippen LogP contribution is 2.21. The summed E-state index contributed by atoms with van der Waals surface area (Å²) >= 11 is 4.73. The van der Waals surface area contributed by atoms with Crippen molar-refractivity contribution in [3.63, 3.8) is 0 Å². The van der Waals surface area contributed by atoms with Crippen LogP contribution in [0.1, 0.15) is 17.3 Å².